The lowest BCUT2D eigenvalue weighted by molar-refractivity contribution is 0.385. The standard InChI is InChI=1S/C17H19FN2O3S.ClH/c1-23-17-8-6-13(10-15(17)18)24(21,22)20-16-4-2-3-11-9-12(19)5-7-14(11)16;/h5-10,16,20H,2-4,19H2,1H3;1H. The fourth-order valence-electron chi connectivity index (χ4n) is 3.03. The Kier molecular flexibility index (Phi) is 5.92. The first-order valence-corrected chi connectivity index (χ1v) is 9.13. The highest BCUT2D eigenvalue weighted by Crippen LogP contribution is 2.32. The fraction of sp³-hybridized carbons (Fsp3) is 0.294. The van der Waals surface area contributed by atoms with Crippen molar-refractivity contribution in [2.75, 3.05) is 12.8 Å². The van der Waals surface area contributed by atoms with E-state index in [1.165, 1.54) is 19.2 Å². The van der Waals surface area contributed by atoms with Crippen molar-refractivity contribution in [2.24, 2.45) is 0 Å². The van der Waals surface area contributed by atoms with Crippen molar-refractivity contribution in [3.05, 3.63) is 53.3 Å². The second kappa shape index (κ2) is 7.59. The van der Waals surface area contributed by atoms with Gasteiger partial charge >= 0.3 is 0 Å². The normalized spacial score (nSPS) is 16.6. The number of aryl methyl sites for hydroxylation is 1. The number of nitrogens with one attached hydrogen (secondary N) is 1. The second-order valence-corrected chi connectivity index (χ2v) is 7.53. The van der Waals surface area contributed by atoms with E-state index in [-0.39, 0.29) is 29.1 Å². The molecule has 0 aromatic heterocycles. The van der Waals surface area contributed by atoms with Gasteiger partial charge in [-0.1, -0.05) is 6.07 Å². The van der Waals surface area contributed by atoms with Gasteiger partial charge in [-0.25, -0.2) is 17.5 Å². The van der Waals surface area contributed by atoms with Gasteiger partial charge in [0.25, 0.3) is 0 Å². The van der Waals surface area contributed by atoms with E-state index in [1.807, 2.05) is 12.1 Å². The van der Waals surface area contributed by atoms with E-state index in [0.717, 1.165) is 30.0 Å². The largest absolute Gasteiger partial charge is 0.494 e. The van der Waals surface area contributed by atoms with Gasteiger partial charge in [-0.05, 0) is 60.7 Å². The van der Waals surface area contributed by atoms with Gasteiger partial charge in [0.15, 0.2) is 11.6 Å². The summed E-state index contributed by atoms with van der Waals surface area (Å²) in [5.41, 5.74) is 8.43. The number of fused-ring (bicyclic) bond motifs is 1. The molecule has 5 nitrogen and oxygen atoms in total. The Labute approximate surface area is 152 Å². The Hall–Kier alpha value is -1.83. The van der Waals surface area contributed by atoms with Gasteiger partial charge in [0.05, 0.1) is 12.0 Å². The molecule has 3 N–H and O–H groups in total. The third kappa shape index (κ3) is 4.05. The van der Waals surface area contributed by atoms with Crippen molar-refractivity contribution in [1.82, 2.24) is 4.72 Å². The molecule has 0 spiro atoms. The van der Waals surface area contributed by atoms with Gasteiger partial charge in [0, 0.05) is 11.7 Å². The maximum Gasteiger partial charge on any atom is 0.241 e. The quantitative estimate of drug-likeness (QED) is 0.790. The monoisotopic (exact) mass is 386 g/mol. The first-order valence-electron chi connectivity index (χ1n) is 7.65. The van der Waals surface area contributed by atoms with E-state index in [1.54, 1.807) is 6.07 Å². The highest BCUT2D eigenvalue weighted by Gasteiger charge is 2.26. The number of nitrogen functional groups attached to an aromatic ring is 1. The number of rotatable bonds is 4. The summed E-state index contributed by atoms with van der Waals surface area (Å²) in [6.07, 6.45) is 2.42. The maximum atomic E-state index is 13.8. The summed E-state index contributed by atoms with van der Waals surface area (Å²) >= 11 is 0. The molecule has 3 rings (SSSR count). The van der Waals surface area contributed by atoms with Crippen molar-refractivity contribution in [1.29, 1.82) is 0 Å². The number of sulfonamides is 1. The molecule has 1 aliphatic rings. The highest BCUT2D eigenvalue weighted by molar-refractivity contribution is 7.89. The first kappa shape index (κ1) is 19.5. The molecular formula is C17H20ClFN2O3S. The number of nitrogens with two attached hydrogens (primary N) is 1. The van der Waals surface area contributed by atoms with E-state index in [4.69, 9.17) is 10.5 Å². The average Bonchev–Trinajstić information content (AvgIpc) is 2.54. The zero-order valence-electron chi connectivity index (χ0n) is 13.7. The van der Waals surface area contributed by atoms with Gasteiger partial charge in [-0.3, -0.25) is 0 Å². The molecule has 0 bridgehead atoms. The van der Waals surface area contributed by atoms with Crippen molar-refractivity contribution in [2.45, 2.75) is 30.2 Å². The molecule has 0 aliphatic heterocycles. The molecule has 2 aromatic carbocycles. The average molecular weight is 387 g/mol. The number of methoxy groups -OCH3 is 1. The van der Waals surface area contributed by atoms with Gasteiger partial charge in [0.2, 0.25) is 10.0 Å². The van der Waals surface area contributed by atoms with E-state index < -0.39 is 15.8 Å². The summed E-state index contributed by atoms with van der Waals surface area (Å²) in [6, 6.07) is 8.75. The van der Waals surface area contributed by atoms with Gasteiger partial charge in [-0.15, -0.1) is 12.4 Å². The number of hydrogen-bond acceptors (Lipinski definition) is 4. The van der Waals surface area contributed by atoms with Crippen LogP contribution >= 0.6 is 12.4 Å². The highest BCUT2D eigenvalue weighted by atomic mass is 35.5. The molecule has 1 atom stereocenters. The third-order valence-electron chi connectivity index (χ3n) is 4.21. The lowest BCUT2D eigenvalue weighted by Crippen LogP contribution is -2.31. The van der Waals surface area contributed by atoms with Gasteiger partial charge in [0.1, 0.15) is 0 Å². The minimum atomic E-state index is -3.84. The van der Waals surface area contributed by atoms with E-state index in [2.05, 4.69) is 4.72 Å². The molecule has 1 unspecified atom stereocenters. The topological polar surface area (TPSA) is 81.4 Å². The number of anilines is 1. The van der Waals surface area contributed by atoms with Crippen LogP contribution in [0, 0.1) is 5.82 Å². The minimum Gasteiger partial charge on any atom is -0.494 e. The second-order valence-electron chi connectivity index (χ2n) is 5.82. The SMILES string of the molecule is COc1ccc(S(=O)(=O)NC2CCCc3cc(N)ccc32)cc1F.Cl. The molecule has 25 heavy (non-hydrogen) atoms. The summed E-state index contributed by atoms with van der Waals surface area (Å²) in [5, 5.41) is 0. The molecule has 0 saturated carbocycles. The van der Waals surface area contributed by atoms with Crippen LogP contribution in [0.4, 0.5) is 10.1 Å². The smallest absolute Gasteiger partial charge is 0.241 e. The predicted molar refractivity (Wildman–Crippen MR) is 97.1 cm³/mol. The lowest BCUT2D eigenvalue weighted by atomic mass is 9.88. The molecule has 2 aromatic rings. The Balaban J connectivity index is 0.00000225. The van der Waals surface area contributed by atoms with Crippen LogP contribution in [0.1, 0.15) is 30.0 Å². The van der Waals surface area contributed by atoms with Crippen LogP contribution in [0.15, 0.2) is 41.3 Å². The van der Waals surface area contributed by atoms with Crippen LogP contribution in [0.3, 0.4) is 0 Å². The summed E-state index contributed by atoms with van der Waals surface area (Å²) in [6.45, 7) is 0. The van der Waals surface area contributed by atoms with Gasteiger partial charge < -0.3 is 10.5 Å². The van der Waals surface area contributed by atoms with Crippen LogP contribution in [0.2, 0.25) is 0 Å². The fourth-order valence-corrected chi connectivity index (χ4v) is 4.29. The molecule has 0 amide bonds. The van der Waals surface area contributed by atoms with Gasteiger partial charge in [-0.2, -0.15) is 0 Å². The lowest BCUT2D eigenvalue weighted by Gasteiger charge is -2.26. The molecule has 8 heteroatoms. The van der Waals surface area contributed by atoms with Crippen molar-refractivity contribution >= 4 is 28.1 Å². The molecule has 0 heterocycles. The maximum absolute atomic E-state index is 13.8. The zero-order valence-corrected chi connectivity index (χ0v) is 15.3. The Morgan fingerprint density at radius 3 is 2.68 bits per heavy atom. The molecule has 1 aliphatic carbocycles. The number of halogens is 2. The zero-order chi connectivity index (χ0) is 17.3. The van der Waals surface area contributed by atoms with Crippen molar-refractivity contribution in [3.8, 4) is 5.75 Å². The van der Waals surface area contributed by atoms with Crippen molar-refractivity contribution < 1.29 is 17.5 Å². The minimum absolute atomic E-state index is 0. The predicted octanol–water partition coefficient (Wildman–Crippen LogP) is 3.19. The van der Waals surface area contributed by atoms with E-state index in [9.17, 15) is 12.8 Å². The Bertz CT molecular complexity index is 874. The molecule has 0 saturated heterocycles. The Morgan fingerprint density at radius 1 is 1.24 bits per heavy atom. The van der Waals surface area contributed by atoms with E-state index in [0.29, 0.717) is 12.1 Å². The summed E-state index contributed by atoms with van der Waals surface area (Å²) in [7, 11) is -2.51. The van der Waals surface area contributed by atoms with Crippen LogP contribution in [0.25, 0.3) is 0 Å². The Morgan fingerprint density at radius 2 is 2.00 bits per heavy atom. The molecular weight excluding hydrogens is 367 g/mol. The summed E-state index contributed by atoms with van der Waals surface area (Å²) in [4.78, 5) is -0.122. The van der Waals surface area contributed by atoms with Crippen molar-refractivity contribution in [3.63, 3.8) is 0 Å². The number of ether oxygens (including phenoxy) is 1. The molecule has 136 valence electrons. The third-order valence-corrected chi connectivity index (χ3v) is 5.68. The first-order chi connectivity index (χ1) is 11.4. The number of benzene rings is 2. The number of hydrogen-bond donors (Lipinski definition) is 2. The van der Waals surface area contributed by atoms with E-state index >= 15 is 0 Å². The summed E-state index contributed by atoms with van der Waals surface area (Å²) < 4.78 is 46.5. The molecule has 0 radical (unpaired) electrons. The molecule has 0 fully saturated rings. The van der Waals surface area contributed by atoms with Crippen LogP contribution in [-0.2, 0) is 16.4 Å². The van der Waals surface area contributed by atoms with Crippen LogP contribution < -0.4 is 15.2 Å². The van der Waals surface area contributed by atoms with Crippen LogP contribution in [-0.4, -0.2) is 15.5 Å². The summed E-state index contributed by atoms with van der Waals surface area (Å²) in [5.74, 6) is -0.704. The van der Waals surface area contributed by atoms with Crippen LogP contribution in [0.5, 0.6) is 5.75 Å².